The van der Waals surface area contributed by atoms with Gasteiger partial charge in [-0.15, -0.1) is 0 Å². The number of Topliss-reactive ketones (excluding diaryl/α,β-unsaturated/α-hetero) is 1. The van der Waals surface area contributed by atoms with Crippen LogP contribution in [0.5, 0.6) is 0 Å². The lowest BCUT2D eigenvalue weighted by Crippen LogP contribution is -2.30. The summed E-state index contributed by atoms with van der Waals surface area (Å²) in [6.45, 7) is 7.27. The number of nitrogens with one attached hydrogen (secondary N) is 1. The van der Waals surface area contributed by atoms with Crippen LogP contribution in [0.4, 0.5) is 10.1 Å². The molecule has 1 amide bonds. The fraction of sp³-hybridized carbons (Fsp3) is 0.478. The smallest absolute Gasteiger partial charge is 0.253 e. The van der Waals surface area contributed by atoms with Gasteiger partial charge in [0.05, 0.1) is 16.9 Å². The van der Waals surface area contributed by atoms with Gasteiger partial charge in [-0.1, -0.05) is 13.8 Å². The molecule has 30 heavy (non-hydrogen) atoms. The van der Waals surface area contributed by atoms with Crippen LogP contribution in [0.15, 0.2) is 18.3 Å². The molecule has 0 radical (unpaired) electrons. The highest BCUT2D eigenvalue weighted by atomic mass is 19.1. The molecule has 1 fully saturated rings. The van der Waals surface area contributed by atoms with Crippen molar-refractivity contribution < 1.29 is 18.7 Å². The summed E-state index contributed by atoms with van der Waals surface area (Å²) in [5.74, 6) is -1.36. The Labute approximate surface area is 175 Å². The molecule has 1 saturated heterocycles. The van der Waals surface area contributed by atoms with Crippen LogP contribution < -0.4 is 11.1 Å². The first-order valence-electron chi connectivity index (χ1n) is 10.4. The lowest BCUT2D eigenvalue weighted by Gasteiger charge is -2.30. The quantitative estimate of drug-likeness (QED) is 0.799. The highest BCUT2D eigenvalue weighted by Crippen LogP contribution is 2.38. The molecule has 160 valence electrons. The highest BCUT2D eigenvalue weighted by Gasteiger charge is 2.35. The Morgan fingerprint density at radius 1 is 1.27 bits per heavy atom. The van der Waals surface area contributed by atoms with Crippen molar-refractivity contribution in [3.05, 3.63) is 46.5 Å². The molecule has 1 aliphatic heterocycles. The van der Waals surface area contributed by atoms with Gasteiger partial charge in [-0.05, 0) is 49.3 Å². The Balaban J connectivity index is 1.82. The first-order chi connectivity index (χ1) is 14.2. The summed E-state index contributed by atoms with van der Waals surface area (Å²) >= 11 is 0. The molecule has 0 spiro atoms. The molecule has 4 rings (SSSR count). The number of primary amides is 1. The van der Waals surface area contributed by atoms with Crippen molar-refractivity contribution in [2.45, 2.75) is 52.5 Å². The minimum absolute atomic E-state index is 0.0762. The van der Waals surface area contributed by atoms with E-state index in [1.807, 2.05) is 17.7 Å². The molecule has 0 unspecified atom stereocenters. The maximum atomic E-state index is 15.0. The van der Waals surface area contributed by atoms with Gasteiger partial charge in [0, 0.05) is 43.1 Å². The van der Waals surface area contributed by atoms with E-state index in [-0.39, 0.29) is 22.8 Å². The van der Waals surface area contributed by atoms with E-state index in [9.17, 15) is 9.59 Å². The summed E-state index contributed by atoms with van der Waals surface area (Å²) in [4.78, 5) is 24.7. The predicted molar refractivity (Wildman–Crippen MR) is 113 cm³/mol. The predicted octanol–water partition coefficient (Wildman–Crippen LogP) is 3.77. The van der Waals surface area contributed by atoms with Crippen LogP contribution in [0.1, 0.15) is 65.1 Å². The molecule has 7 heteroatoms. The summed E-state index contributed by atoms with van der Waals surface area (Å²) in [5.41, 5.74) is 8.62. The number of rotatable bonds is 4. The Kier molecular flexibility index (Phi) is 5.18. The lowest BCUT2D eigenvalue weighted by atomic mass is 9.75. The second kappa shape index (κ2) is 7.54. The average molecular weight is 413 g/mol. The van der Waals surface area contributed by atoms with E-state index >= 15 is 4.39 Å². The fourth-order valence-electron chi connectivity index (χ4n) is 4.67. The van der Waals surface area contributed by atoms with Gasteiger partial charge in [-0.2, -0.15) is 0 Å². The second-order valence-electron chi connectivity index (χ2n) is 9.19. The summed E-state index contributed by atoms with van der Waals surface area (Å²) in [7, 11) is 0. The van der Waals surface area contributed by atoms with Crippen molar-refractivity contribution in [2.24, 2.45) is 11.1 Å². The molecule has 1 aliphatic carbocycles. The van der Waals surface area contributed by atoms with Gasteiger partial charge in [-0.25, -0.2) is 4.39 Å². The number of ketones is 1. The standard InChI is InChI=1S/C23H28FN3O3/c1-13-12-27(18-10-23(2,3)11-19(28)20(13)18)15-8-16(24)21(22(25)29)17(9-15)26-14-4-6-30-7-5-14/h8-9,12,14,26H,4-7,10-11H2,1-3H3,(H2,25,29). The average Bonchev–Trinajstić information content (AvgIpc) is 2.97. The van der Waals surface area contributed by atoms with E-state index in [2.05, 4.69) is 19.2 Å². The minimum Gasteiger partial charge on any atom is -0.381 e. The number of hydrogen-bond donors (Lipinski definition) is 2. The third-order valence-corrected chi connectivity index (χ3v) is 6.04. The number of amides is 1. The van der Waals surface area contributed by atoms with Crippen LogP contribution >= 0.6 is 0 Å². The Hall–Kier alpha value is -2.67. The molecule has 2 aromatic rings. The van der Waals surface area contributed by atoms with Crippen molar-refractivity contribution in [1.29, 1.82) is 0 Å². The zero-order chi connectivity index (χ0) is 21.6. The van der Waals surface area contributed by atoms with Gasteiger partial charge in [0.1, 0.15) is 5.82 Å². The number of benzene rings is 1. The third kappa shape index (κ3) is 3.74. The van der Waals surface area contributed by atoms with E-state index in [4.69, 9.17) is 10.5 Å². The molecule has 6 nitrogen and oxygen atoms in total. The zero-order valence-electron chi connectivity index (χ0n) is 17.7. The topological polar surface area (TPSA) is 86.3 Å². The Bertz CT molecular complexity index is 1020. The molecule has 3 N–H and O–H groups in total. The van der Waals surface area contributed by atoms with Gasteiger partial charge >= 0.3 is 0 Å². The van der Waals surface area contributed by atoms with Gasteiger partial charge < -0.3 is 20.4 Å². The molecular weight excluding hydrogens is 385 g/mol. The van der Waals surface area contributed by atoms with E-state index in [1.54, 1.807) is 6.07 Å². The van der Waals surface area contributed by atoms with Gasteiger partial charge in [0.25, 0.3) is 5.91 Å². The lowest BCUT2D eigenvalue weighted by molar-refractivity contribution is 0.0902. The number of nitrogens with two attached hydrogens (primary N) is 1. The molecule has 1 aromatic carbocycles. The maximum Gasteiger partial charge on any atom is 0.253 e. The van der Waals surface area contributed by atoms with Gasteiger partial charge in [0.15, 0.2) is 5.78 Å². The van der Waals surface area contributed by atoms with Crippen molar-refractivity contribution in [1.82, 2.24) is 4.57 Å². The summed E-state index contributed by atoms with van der Waals surface area (Å²) in [5, 5.41) is 3.29. The van der Waals surface area contributed by atoms with Crippen LogP contribution in [0.2, 0.25) is 0 Å². The molecule has 0 atom stereocenters. The van der Waals surface area contributed by atoms with Crippen LogP contribution in [0, 0.1) is 18.2 Å². The highest BCUT2D eigenvalue weighted by molar-refractivity contribution is 6.01. The number of aromatic nitrogens is 1. The van der Waals surface area contributed by atoms with Crippen molar-refractivity contribution in [3.63, 3.8) is 0 Å². The Morgan fingerprint density at radius 2 is 1.97 bits per heavy atom. The maximum absolute atomic E-state index is 15.0. The van der Waals surface area contributed by atoms with E-state index < -0.39 is 11.7 Å². The SMILES string of the molecule is Cc1cn(-c2cc(F)c(C(N)=O)c(NC3CCOCC3)c2)c2c1C(=O)CC(C)(C)C2. The van der Waals surface area contributed by atoms with E-state index in [1.165, 1.54) is 6.07 Å². The summed E-state index contributed by atoms with van der Waals surface area (Å²) in [6.07, 6.45) is 4.62. The second-order valence-corrected chi connectivity index (χ2v) is 9.19. The molecular formula is C23H28FN3O3. The number of anilines is 1. The van der Waals surface area contributed by atoms with Crippen LogP contribution in [0.25, 0.3) is 5.69 Å². The Morgan fingerprint density at radius 3 is 2.63 bits per heavy atom. The number of aryl methyl sites for hydroxylation is 1. The minimum atomic E-state index is -0.810. The molecule has 0 bridgehead atoms. The number of ether oxygens (including phenoxy) is 1. The van der Waals surface area contributed by atoms with Crippen molar-refractivity contribution in [2.75, 3.05) is 18.5 Å². The summed E-state index contributed by atoms with van der Waals surface area (Å²) < 4.78 is 22.3. The third-order valence-electron chi connectivity index (χ3n) is 6.04. The number of hydrogen-bond acceptors (Lipinski definition) is 4. The summed E-state index contributed by atoms with van der Waals surface area (Å²) in [6, 6.07) is 3.15. The number of carbonyl (C=O) groups excluding carboxylic acids is 2. The first-order valence-corrected chi connectivity index (χ1v) is 10.4. The largest absolute Gasteiger partial charge is 0.381 e. The number of carbonyl (C=O) groups is 2. The molecule has 1 aromatic heterocycles. The molecule has 2 aliphatic rings. The van der Waals surface area contributed by atoms with Crippen LogP contribution in [0.3, 0.4) is 0 Å². The monoisotopic (exact) mass is 413 g/mol. The number of fused-ring (bicyclic) bond motifs is 1. The molecule has 0 saturated carbocycles. The van der Waals surface area contributed by atoms with Crippen LogP contribution in [-0.4, -0.2) is 35.5 Å². The fourth-order valence-corrected chi connectivity index (χ4v) is 4.67. The van der Waals surface area contributed by atoms with Gasteiger partial charge in [-0.3, -0.25) is 9.59 Å². The first kappa shape index (κ1) is 20.6. The number of nitrogens with zero attached hydrogens (tertiary/aromatic N) is 1. The van der Waals surface area contributed by atoms with Crippen LogP contribution in [-0.2, 0) is 11.2 Å². The molecule has 2 heterocycles. The number of halogens is 1. The van der Waals surface area contributed by atoms with Gasteiger partial charge in [0.2, 0.25) is 0 Å². The normalized spacial score (nSPS) is 18.9. The van der Waals surface area contributed by atoms with E-state index in [0.29, 0.717) is 37.4 Å². The van der Waals surface area contributed by atoms with E-state index in [0.717, 1.165) is 29.7 Å². The van der Waals surface area contributed by atoms with Crippen molar-refractivity contribution in [3.8, 4) is 5.69 Å². The van der Waals surface area contributed by atoms with Crippen molar-refractivity contribution >= 4 is 17.4 Å². The zero-order valence-corrected chi connectivity index (χ0v) is 17.7.